The Balaban J connectivity index is 2.18. The first-order valence-corrected chi connectivity index (χ1v) is 6.37. The Bertz CT molecular complexity index is 582. The van der Waals surface area contributed by atoms with Gasteiger partial charge in [0.25, 0.3) is 0 Å². The molecule has 0 aliphatic carbocycles. The molecule has 0 unspecified atom stereocenters. The quantitative estimate of drug-likeness (QED) is 0.287. The smallest absolute Gasteiger partial charge is 0.346 e. The molecule has 2 heterocycles. The summed E-state index contributed by atoms with van der Waals surface area (Å²) in [7, 11) is 0. The number of nitrogens with zero attached hydrogens (tertiary/aromatic N) is 1. The van der Waals surface area contributed by atoms with Gasteiger partial charge in [0.2, 0.25) is 5.79 Å². The molecule has 0 radical (unpaired) electrons. The molecule has 0 spiro atoms. The van der Waals surface area contributed by atoms with Crippen LogP contribution < -0.4 is 17.2 Å². The van der Waals surface area contributed by atoms with Gasteiger partial charge in [-0.05, 0) is 0 Å². The molecule has 1 fully saturated rings. The van der Waals surface area contributed by atoms with Crippen LogP contribution in [0, 0.1) is 0 Å². The van der Waals surface area contributed by atoms with Crippen LogP contribution in [0.5, 0.6) is 0 Å². The summed E-state index contributed by atoms with van der Waals surface area (Å²) in [6, 6.07) is -1.27. The molecule has 0 aromatic carbocycles. The van der Waals surface area contributed by atoms with Gasteiger partial charge in [0.15, 0.2) is 6.29 Å². The van der Waals surface area contributed by atoms with Gasteiger partial charge in [0.1, 0.15) is 24.6 Å². The van der Waals surface area contributed by atoms with E-state index in [-0.39, 0.29) is 18.0 Å². The number of nitrogens with one attached hydrogen (secondary N) is 1. The van der Waals surface area contributed by atoms with E-state index in [1.165, 1.54) is 0 Å². The zero-order chi connectivity index (χ0) is 16.5. The Hall–Kier alpha value is -1.60. The third kappa shape index (κ3) is 2.96. The fourth-order valence-electron chi connectivity index (χ4n) is 2.04. The van der Waals surface area contributed by atoms with Crippen molar-refractivity contribution in [1.29, 1.82) is 0 Å². The average molecular weight is 318 g/mol. The molecule has 1 aliphatic rings. The molecule has 1 saturated heterocycles. The number of aliphatic hydroxyl groups is 4. The third-order valence-corrected chi connectivity index (χ3v) is 3.44. The summed E-state index contributed by atoms with van der Waals surface area (Å²) in [6.07, 6.45) is -3.81. The van der Waals surface area contributed by atoms with Crippen molar-refractivity contribution >= 4 is 5.82 Å². The fourth-order valence-corrected chi connectivity index (χ4v) is 2.04. The maximum absolute atomic E-state index is 11.0. The minimum atomic E-state index is -2.10. The van der Waals surface area contributed by atoms with E-state index in [1.807, 2.05) is 0 Å². The third-order valence-electron chi connectivity index (χ3n) is 3.44. The molecule has 22 heavy (non-hydrogen) atoms. The highest BCUT2D eigenvalue weighted by Gasteiger charge is 2.53. The van der Waals surface area contributed by atoms with Crippen molar-refractivity contribution in [2.24, 2.45) is 5.73 Å². The standard InChI is InChI=1S/C11H18N4O7/c12-5-6(17)7(18)11(3-16,22-9(5)19)21-2-4-1-14-10(20)15-8(4)13/h1,5-7,9,16-19H,2-3,12H2,(H3,13,14,15,20)/t5-,6-,7+,9-,11+/m1/s1. The number of nitrogens with two attached hydrogens (primary N) is 2. The fraction of sp³-hybridized carbons (Fsp3) is 0.636. The first-order chi connectivity index (χ1) is 10.3. The van der Waals surface area contributed by atoms with E-state index in [2.05, 4.69) is 9.97 Å². The maximum atomic E-state index is 11.0. The number of aromatic amines is 1. The van der Waals surface area contributed by atoms with Crippen LogP contribution in [-0.4, -0.2) is 67.3 Å². The van der Waals surface area contributed by atoms with E-state index in [1.54, 1.807) is 0 Å². The number of H-pyrrole nitrogens is 1. The van der Waals surface area contributed by atoms with E-state index in [0.717, 1.165) is 6.20 Å². The van der Waals surface area contributed by atoms with E-state index in [9.17, 15) is 25.2 Å². The van der Waals surface area contributed by atoms with Crippen LogP contribution in [0.15, 0.2) is 11.0 Å². The van der Waals surface area contributed by atoms with Crippen LogP contribution in [0.25, 0.3) is 0 Å². The molecule has 1 aromatic heterocycles. The highest BCUT2D eigenvalue weighted by molar-refractivity contribution is 5.35. The van der Waals surface area contributed by atoms with E-state index in [4.69, 9.17) is 20.9 Å². The molecule has 1 aliphatic heterocycles. The summed E-state index contributed by atoms with van der Waals surface area (Å²) >= 11 is 0. The number of hydrogen-bond donors (Lipinski definition) is 7. The van der Waals surface area contributed by atoms with Gasteiger partial charge in [-0.15, -0.1) is 0 Å². The van der Waals surface area contributed by atoms with Crippen molar-refractivity contribution in [2.75, 3.05) is 12.3 Å². The van der Waals surface area contributed by atoms with Crippen molar-refractivity contribution in [3.63, 3.8) is 0 Å². The molecule has 0 amide bonds. The number of anilines is 1. The lowest BCUT2D eigenvalue weighted by atomic mass is 9.95. The molecule has 2 rings (SSSR count). The minimum absolute atomic E-state index is 0.0174. The predicted octanol–water partition coefficient (Wildman–Crippen LogP) is -4.04. The second-order valence-corrected chi connectivity index (χ2v) is 4.91. The summed E-state index contributed by atoms with van der Waals surface area (Å²) in [6.45, 7) is -1.19. The molecular formula is C11H18N4O7. The Labute approximate surface area is 124 Å². The average Bonchev–Trinajstić information content (AvgIpc) is 2.49. The van der Waals surface area contributed by atoms with Crippen molar-refractivity contribution in [3.8, 4) is 0 Å². The molecule has 1 aromatic rings. The molecule has 124 valence electrons. The Morgan fingerprint density at radius 2 is 2.14 bits per heavy atom. The number of aromatic nitrogens is 2. The summed E-state index contributed by atoms with van der Waals surface area (Å²) < 4.78 is 10.3. The molecule has 0 bridgehead atoms. The molecule has 5 atom stereocenters. The number of aliphatic hydroxyl groups excluding tert-OH is 4. The number of ether oxygens (including phenoxy) is 2. The zero-order valence-electron chi connectivity index (χ0n) is 11.4. The monoisotopic (exact) mass is 318 g/mol. The summed E-state index contributed by atoms with van der Waals surface area (Å²) in [5.41, 5.74) is 10.6. The van der Waals surface area contributed by atoms with Gasteiger partial charge in [-0.2, -0.15) is 0 Å². The molecule has 0 saturated carbocycles. The summed E-state index contributed by atoms with van der Waals surface area (Å²) in [5, 5.41) is 38.9. The maximum Gasteiger partial charge on any atom is 0.346 e. The van der Waals surface area contributed by atoms with E-state index in [0.29, 0.717) is 0 Å². The zero-order valence-corrected chi connectivity index (χ0v) is 11.4. The topological polar surface area (TPSA) is 197 Å². The number of hydrogen-bond acceptors (Lipinski definition) is 10. The lowest BCUT2D eigenvalue weighted by Crippen LogP contribution is -2.69. The van der Waals surface area contributed by atoms with Gasteiger partial charge in [0.05, 0.1) is 12.6 Å². The predicted molar refractivity (Wildman–Crippen MR) is 71.0 cm³/mol. The van der Waals surface area contributed by atoms with Crippen LogP contribution in [0.2, 0.25) is 0 Å². The van der Waals surface area contributed by atoms with E-state index >= 15 is 0 Å². The highest BCUT2D eigenvalue weighted by atomic mass is 16.8. The van der Waals surface area contributed by atoms with Gasteiger partial charge < -0.3 is 41.4 Å². The van der Waals surface area contributed by atoms with Gasteiger partial charge in [-0.25, -0.2) is 9.78 Å². The second kappa shape index (κ2) is 6.26. The van der Waals surface area contributed by atoms with Crippen molar-refractivity contribution in [1.82, 2.24) is 9.97 Å². The molecular weight excluding hydrogens is 300 g/mol. The Kier molecular flexibility index (Phi) is 4.77. The first-order valence-electron chi connectivity index (χ1n) is 6.37. The normalized spacial score (nSPS) is 35.5. The molecule has 9 N–H and O–H groups in total. The van der Waals surface area contributed by atoms with Crippen molar-refractivity contribution < 1.29 is 29.9 Å². The lowest BCUT2D eigenvalue weighted by Gasteiger charge is -2.46. The van der Waals surface area contributed by atoms with Gasteiger partial charge in [-0.1, -0.05) is 0 Å². The van der Waals surface area contributed by atoms with Gasteiger partial charge in [-0.3, -0.25) is 4.98 Å². The lowest BCUT2D eigenvalue weighted by molar-refractivity contribution is -0.388. The van der Waals surface area contributed by atoms with Crippen LogP contribution in [-0.2, 0) is 16.1 Å². The van der Waals surface area contributed by atoms with Crippen LogP contribution in [0.3, 0.4) is 0 Å². The number of nitrogen functional groups attached to an aromatic ring is 1. The van der Waals surface area contributed by atoms with Crippen LogP contribution in [0.1, 0.15) is 5.56 Å². The number of rotatable bonds is 4. The van der Waals surface area contributed by atoms with Crippen LogP contribution in [0.4, 0.5) is 5.82 Å². The minimum Gasteiger partial charge on any atom is -0.391 e. The van der Waals surface area contributed by atoms with Crippen LogP contribution >= 0.6 is 0 Å². The Morgan fingerprint density at radius 3 is 2.73 bits per heavy atom. The summed E-state index contributed by atoms with van der Waals surface area (Å²) in [4.78, 5) is 16.7. The van der Waals surface area contributed by atoms with Gasteiger partial charge in [0, 0.05) is 11.8 Å². The second-order valence-electron chi connectivity index (χ2n) is 4.91. The van der Waals surface area contributed by atoms with Crippen molar-refractivity contribution in [3.05, 3.63) is 22.2 Å². The van der Waals surface area contributed by atoms with Gasteiger partial charge >= 0.3 is 5.69 Å². The molecule has 11 nitrogen and oxygen atoms in total. The highest BCUT2D eigenvalue weighted by Crippen LogP contribution is 2.30. The SMILES string of the molecule is Nc1[nH]c(=O)ncc1CO[C@@]1(CO)O[C@@H](O)[C@H](N)[C@@H](O)[C@@H]1O. The van der Waals surface area contributed by atoms with Crippen molar-refractivity contribution in [2.45, 2.75) is 36.9 Å². The summed E-state index contributed by atoms with van der Waals surface area (Å²) in [5.74, 6) is -2.12. The molecule has 11 heteroatoms. The first kappa shape index (κ1) is 16.8. The van der Waals surface area contributed by atoms with E-state index < -0.39 is 42.6 Å². The largest absolute Gasteiger partial charge is 0.391 e. The Morgan fingerprint density at radius 1 is 1.45 bits per heavy atom.